The number of aromatic nitrogens is 1. The van der Waals surface area contributed by atoms with E-state index < -0.39 is 17.7 Å². The van der Waals surface area contributed by atoms with Crippen molar-refractivity contribution in [2.24, 2.45) is 9.98 Å². The molecule has 0 radical (unpaired) electrons. The second kappa shape index (κ2) is 18.0. The molecule has 0 bridgehead atoms. The van der Waals surface area contributed by atoms with E-state index in [0.717, 1.165) is 33.6 Å². The smallest absolute Gasteiger partial charge is 0.333 e. The van der Waals surface area contributed by atoms with Crippen molar-refractivity contribution < 1.29 is 53.1 Å². The highest BCUT2D eigenvalue weighted by atomic mass is 16.7. The Morgan fingerprint density at radius 3 is 1.64 bits per heavy atom. The number of ether oxygens (including phenoxy) is 5. The zero-order valence-corrected chi connectivity index (χ0v) is 36.6. The summed E-state index contributed by atoms with van der Waals surface area (Å²) in [5.74, 6) is 0.247. The first-order valence-electron chi connectivity index (χ1n) is 21.8. The number of hydrogen-bond acceptors (Lipinski definition) is 13. The average Bonchev–Trinajstić information content (AvgIpc) is 3.96. The fourth-order valence-corrected chi connectivity index (χ4v) is 8.88. The van der Waals surface area contributed by atoms with Gasteiger partial charge in [0, 0.05) is 67.3 Å². The molecular formula is C51H45N5O11. The summed E-state index contributed by atoms with van der Waals surface area (Å²) in [6.07, 6.45) is 5.85. The maximum atomic E-state index is 14.0. The number of aliphatic imine (C=N–C) groups is 2. The topological polar surface area (TPSA) is 183 Å². The van der Waals surface area contributed by atoms with Gasteiger partial charge >= 0.3 is 5.97 Å². The van der Waals surface area contributed by atoms with Crippen LogP contribution < -0.4 is 38.3 Å². The van der Waals surface area contributed by atoms with E-state index in [0.29, 0.717) is 81.7 Å². The monoisotopic (exact) mass is 903 g/mol. The van der Waals surface area contributed by atoms with Gasteiger partial charge in [-0.15, -0.1) is 4.73 Å². The summed E-state index contributed by atoms with van der Waals surface area (Å²) in [6.45, 7) is 0.395. The van der Waals surface area contributed by atoms with Crippen LogP contribution in [0.3, 0.4) is 0 Å². The van der Waals surface area contributed by atoms with Gasteiger partial charge in [-0.25, -0.2) is 4.79 Å². The van der Waals surface area contributed by atoms with Crippen LogP contribution >= 0.6 is 0 Å². The Labute approximate surface area is 384 Å². The van der Waals surface area contributed by atoms with Gasteiger partial charge in [0.05, 0.1) is 55.4 Å². The highest BCUT2D eigenvalue weighted by molar-refractivity contribution is 6.15. The van der Waals surface area contributed by atoms with E-state index in [1.165, 1.54) is 26.4 Å². The molecule has 4 aliphatic rings. The summed E-state index contributed by atoms with van der Waals surface area (Å²) < 4.78 is 31.2. The molecule has 67 heavy (non-hydrogen) atoms. The van der Waals surface area contributed by atoms with E-state index in [1.807, 2.05) is 66.7 Å². The van der Waals surface area contributed by atoms with E-state index in [-0.39, 0.29) is 50.1 Å². The first kappa shape index (κ1) is 42.7. The van der Waals surface area contributed by atoms with Gasteiger partial charge in [-0.1, -0.05) is 36.4 Å². The van der Waals surface area contributed by atoms with Crippen LogP contribution in [0.1, 0.15) is 62.2 Å². The number of anilines is 2. The molecule has 5 aromatic carbocycles. The quantitative estimate of drug-likeness (QED) is 0.0958. The first-order valence-corrected chi connectivity index (χ1v) is 21.8. The summed E-state index contributed by atoms with van der Waals surface area (Å²) in [6, 6.07) is 30.1. The van der Waals surface area contributed by atoms with E-state index in [4.69, 9.17) is 38.5 Å². The number of aromatic hydroxyl groups is 2. The minimum Gasteiger partial charge on any atom is -0.494 e. The van der Waals surface area contributed by atoms with E-state index in [2.05, 4.69) is 0 Å². The Morgan fingerprint density at radius 2 is 1.13 bits per heavy atom. The summed E-state index contributed by atoms with van der Waals surface area (Å²) in [5.41, 5.74) is 7.10. The zero-order chi connectivity index (χ0) is 46.2. The summed E-state index contributed by atoms with van der Waals surface area (Å²) >= 11 is 0. The first-order chi connectivity index (χ1) is 32.6. The van der Waals surface area contributed by atoms with Crippen LogP contribution in [0.2, 0.25) is 0 Å². The minimum absolute atomic E-state index is 0.0157. The number of methoxy groups -OCH3 is 2. The molecule has 2 atom stereocenters. The van der Waals surface area contributed by atoms with E-state index in [9.17, 15) is 24.6 Å². The number of hydrogen-bond donors (Lipinski definition) is 2. The number of para-hydroxylation sites is 2. The molecule has 0 spiro atoms. The fourth-order valence-electron chi connectivity index (χ4n) is 8.88. The number of fused-ring (bicyclic) bond motifs is 8. The third kappa shape index (κ3) is 8.33. The number of unbranched alkanes of at least 4 members (excludes halogenated alkanes) is 1. The molecule has 0 fully saturated rings. The van der Waals surface area contributed by atoms with Crippen molar-refractivity contribution in [1.82, 2.24) is 4.73 Å². The lowest BCUT2D eigenvalue weighted by Gasteiger charge is -2.22. The van der Waals surface area contributed by atoms with Gasteiger partial charge in [0.1, 0.15) is 19.0 Å². The standard InChI is InChI=1S/C51H45N5O11/c1-62-43-22-37-39(52-26-34-20-32-9-3-5-11-41(32)54(34)50(37)60)24-45(43)65-28-30-17-31(19-36(18-30)64-16-8-7-13-49(59)67-56-47(57)14-15-48(56)58)29-66-46-25-40-38(23-44(46)63-2)51(61)55-35(27-53-40)21-33-10-4-6-12-42(33)55/h3-6,9-12,14-15,17-19,22-27,34-35,57-58H,7-8,13,16,20-21,28-29H2,1-2H3/t34-,35-/m0/s1. The van der Waals surface area contributed by atoms with Crippen LogP contribution in [0.4, 0.5) is 22.7 Å². The summed E-state index contributed by atoms with van der Waals surface area (Å²) in [7, 11) is 3.04. The second-order valence-corrected chi connectivity index (χ2v) is 16.4. The number of rotatable bonds is 15. The third-order valence-corrected chi connectivity index (χ3v) is 12.1. The Kier molecular flexibility index (Phi) is 11.4. The lowest BCUT2D eigenvalue weighted by molar-refractivity contribution is -0.145. The molecular weight excluding hydrogens is 859 g/mol. The molecule has 0 unspecified atom stereocenters. The molecule has 16 nitrogen and oxygen atoms in total. The summed E-state index contributed by atoms with van der Waals surface area (Å²) in [4.78, 5) is 58.5. The van der Waals surface area contributed by atoms with Crippen molar-refractivity contribution in [3.8, 4) is 40.5 Å². The number of carbonyl (C=O) groups is 3. The fraction of sp³-hybridized carbons (Fsp3) is 0.235. The molecule has 4 aliphatic heterocycles. The Hall–Kier alpha value is -8.27. The molecule has 2 N–H and O–H groups in total. The summed E-state index contributed by atoms with van der Waals surface area (Å²) in [5, 5.41) is 19.6. The SMILES string of the molecule is COc1cc2c(cc1OCc1cc(COc3cc4c(cc3OC)C(=O)N3c5ccccc5C[C@H]3C=N4)cc(OCCCCC(=O)On3c(O)ccc3O)c1)N=C[C@@H]1Cc3ccccc3N1C2=O. The van der Waals surface area contributed by atoms with Gasteiger partial charge < -0.3 is 38.7 Å². The molecule has 0 aliphatic carbocycles. The molecule has 5 heterocycles. The molecule has 1 aromatic heterocycles. The van der Waals surface area contributed by atoms with E-state index in [1.54, 1.807) is 46.5 Å². The van der Waals surface area contributed by atoms with Gasteiger partial charge in [-0.05, 0) is 77.6 Å². The predicted molar refractivity (Wildman–Crippen MR) is 248 cm³/mol. The van der Waals surface area contributed by atoms with Gasteiger partial charge in [0.2, 0.25) is 11.8 Å². The van der Waals surface area contributed by atoms with Crippen LogP contribution in [0.25, 0.3) is 0 Å². The van der Waals surface area contributed by atoms with Crippen molar-refractivity contribution in [1.29, 1.82) is 0 Å². The molecule has 10 rings (SSSR count). The molecule has 340 valence electrons. The van der Waals surface area contributed by atoms with Crippen molar-refractivity contribution in [3.05, 3.63) is 137 Å². The minimum atomic E-state index is -0.636. The number of amides is 2. The number of nitrogens with zero attached hydrogens (tertiary/aromatic N) is 5. The largest absolute Gasteiger partial charge is 0.494 e. The van der Waals surface area contributed by atoms with Gasteiger partial charge in [0.25, 0.3) is 11.8 Å². The zero-order valence-electron chi connectivity index (χ0n) is 36.6. The molecule has 6 aromatic rings. The van der Waals surface area contributed by atoms with Crippen molar-refractivity contribution in [2.75, 3.05) is 30.6 Å². The number of benzene rings is 5. The van der Waals surface area contributed by atoms with Crippen molar-refractivity contribution in [3.63, 3.8) is 0 Å². The van der Waals surface area contributed by atoms with Crippen LogP contribution in [0, 0.1) is 0 Å². The Morgan fingerprint density at radius 1 is 0.627 bits per heavy atom. The maximum Gasteiger partial charge on any atom is 0.333 e. The van der Waals surface area contributed by atoms with Crippen LogP contribution in [0.15, 0.2) is 113 Å². The van der Waals surface area contributed by atoms with Gasteiger partial charge in [-0.2, -0.15) is 0 Å². The maximum absolute atomic E-state index is 14.0. The number of carbonyl (C=O) groups excluding carboxylic acids is 3. The lowest BCUT2D eigenvalue weighted by atomic mass is 10.1. The highest BCUT2D eigenvalue weighted by Gasteiger charge is 2.38. The Bertz CT molecular complexity index is 2820. The van der Waals surface area contributed by atoms with Crippen LogP contribution in [-0.4, -0.2) is 78.1 Å². The molecule has 0 saturated carbocycles. The van der Waals surface area contributed by atoms with Crippen molar-refractivity contribution in [2.45, 2.75) is 57.4 Å². The average molecular weight is 904 g/mol. The van der Waals surface area contributed by atoms with Crippen LogP contribution in [-0.2, 0) is 30.8 Å². The molecule has 0 saturated heterocycles. The third-order valence-electron chi connectivity index (χ3n) is 12.1. The van der Waals surface area contributed by atoms with Crippen LogP contribution in [0.5, 0.6) is 40.5 Å². The Balaban J connectivity index is 0.872. The highest BCUT2D eigenvalue weighted by Crippen LogP contribution is 2.43. The lowest BCUT2D eigenvalue weighted by Crippen LogP contribution is -2.37. The van der Waals surface area contributed by atoms with E-state index >= 15 is 0 Å². The van der Waals surface area contributed by atoms with Crippen molar-refractivity contribution >= 4 is 53.0 Å². The predicted octanol–water partition coefficient (Wildman–Crippen LogP) is 7.85. The van der Waals surface area contributed by atoms with Gasteiger partial charge in [-0.3, -0.25) is 29.4 Å². The van der Waals surface area contributed by atoms with Gasteiger partial charge in [0.15, 0.2) is 23.0 Å². The molecule has 2 amide bonds. The molecule has 16 heteroatoms. The second-order valence-electron chi connectivity index (χ2n) is 16.4. The normalized spacial score (nSPS) is 16.2.